The van der Waals surface area contributed by atoms with Crippen LogP contribution in [-0.4, -0.2) is 30.5 Å². The third-order valence-corrected chi connectivity index (χ3v) is 1.85. The Labute approximate surface area is 85.9 Å². The number of nitrogens with zero attached hydrogens (tertiary/aromatic N) is 4. The molecule has 0 bridgehead atoms. The molecule has 0 N–H and O–H groups in total. The van der Waals surface area contributed by atoms with Gasteiger partial charge in [0.2, 0.25) is 11.0 Å². The molecule has 0 amide bonds. The molecule has 0 radical (unpaired) electrons. The smallest absolute Gasteiger partial charge is 0.248 e. The van der Waals surface area contributed by atoms with Crippen molar-refractivity contribution in [1.82, 2.24) is 10.2 Å². The molecule has 6 heteroatoms. The Balaban J connectivity index is 2.41. The highest BCUT2D eigenvalue weighted by Gasteiger charge is 2.08. The van der Waals surface area contributed by atoms with Gasteiger partial charge in [0.25, 0.3) is 0 Å². The zero-order valence-corrected chi connectivity index (χ0v) is 8.41. The number of rotatable bonds is 2. The first kappa shape index (κ1) is 9.45. The fraction of sp³-hybridized carbons (Fsp3) is 0.222. The van der Waals surface area contributed by atoms with Crippen molar-refractivity contribution in [1.29, 1.82) is 0 Å². The first-order valence-electron chi connectivity index (χ1n) is 4.37. The van der Waals surface area contributed by atoms with Gasteiger partial charge < -0.3 is 10.2 Å². The van der Waals surface area contributed by atoms with Gasteiger partial charge in [-0.25, -0.2) is 0 Å². The van der Waals surface area contributed by atoms with Crippen LogP contribution in [0.4, 0.5) is 0 Å². The quantitative estimate of drug-likeness (QED) is 0.404. The van der Waals surface area contributed by atoms with Crippen LogP contribution in [0.5, 0.6) is 0 Å². The minimum absolute atomic E-state index is 0.377. The van der Waals surface area contributed by atoms with Crippen LogP contribution >= 0.6 is 0 Å². The van der Waals surface area contributed by atoms with Crippen molar-refractivity contribution < 1.29 is 9.53 Å². The first-order valence-corrected chi connectivity index (χ1v) is 4.37. The second kappa shape index (κ2) is 3.56. The van der Waals surface area contributed by atoms with E-state index in [1.165, 1.54) is 0 Å². The molecular formula is C9H10N4O2. The Morgan fingerprint density at radius 1 is 1.53 bits per heavy atom. The van der Waals surface area contributed by atoms with E-state index in [4.69, 9.17) is 0 Å². The van der Waals surface area contributed by atoms with Gasteiger partial charge in [0.1, 0.15) is 0 Å². The highest BCUT2D eigenvalue weighted by atomic mass is 16.8. The Hall–Kier alpha value is -2.11. The number of benzene rings is 1. The van der Waals surface area contributed by atoms with E-state index in [1.54, 1.807) is 23.4 Å². The zero-order chi connectivity index (χ0) is 10.8. The summed E-state index contributed by atoms with van der Waals surface area (Å²) in [6.07, 6.45) is 1.66. The molecule has 0 saturated heterocycles. The van der Waals surface area contributed by atoms with Crippen molar-refractivity contribution in [2.45, 2.75) is 0 Å². The molecule has 0 unspecified atom stereocenters. The topological polar surface area (TPSA) is 68.6 Å². The summed E-state index contributed by atoms with van der Waals surface area (Å²) in [5.41, 5.74) is 1.76. The second-order valence-electron chi connectivity index (χ2n) is 3.27. The van der Waals surface area contributed by atoms with Crippen LogP contribution in [0.1, 0.15) is 5.56 Å². The van der Waals surface area contributed by atoms with Gasteiger partial charge in [-0.2, -0.15) is 5.10 Å². The molecule has 0 aliphatic heterocycles. The zero-order valence-electron chi connectivity index (χ0n) is 8.41. The summed E-state index contributed by atoms with van der Waals surface area (Å²) in [7, 11) is 3.64. The molecule has 2 rings (SSSR count). The molecule has 0 spiro atoms. The van der Waals surface area contributed by atoms with Gasteiger partial charge in [0, 0.05) is 25.3 Å². The van der Waals surface area contributed by atoms with E-state index < -0.39 is 0 Å². The summed E-state index contributed by atoms with van der Waals surface area (Å²) < 4.78 is 4.45. The van der Waals surface area contributed by atoms with E-state index in [0.29, 0.717) is 15.9 Å². The average Bonchev–Trinajstić information content (AvgIpc) is 2.57. The van der Waals surface area contributed by atoms with E-state index >= 15 is 0 Å². The molecule has 1 aromatic heterocycles. The Kier molecular flexibility index (Phi) is 2.24. The standard InChI is InChI=1S/C9H10N4O2/c1-12(2)10-6-7-3-4-8-9(5-7)13(14)15-11-8/h3-6H,1-2H3. The minimum Gasteiger partial charge on any atom is -0.359 e. The van der Waals surface area contributed by atoms with E-state index in [9.17, 15) is 5.21 Å². The molecule has 0 atom stereocenters. The molecule has 0 fully saturated rings. The Morgan fingerprint density at radius 3 is 3.07 bits per heavy atom. The molecule has 0 aliphatic carbocycles. The van der Waals surface area contributed by atoms with Crippen molar-refractivity contribution in [2.24, 2.45) is 5.10 Å². The summed E-state index contributed by atoms with van der Waals surface area (Å²) in [6.45, 7) is 0. The molecule has 15 heavy (non-hydrogen) atoms. The molecule has 1 heterocycles. The predicted octanol–water partition coefficient (Wildman–Crippen LogP) is 0.357. The van der Waals surface area contributed by atoms with Gasteiger partial charge >= 0.3 is 0 Å². The fourth-order valence-electron chi connectivity index (χ4n) is 1.15. The minimum atomic E-state index is 0.377. The number of hydrazone groups is 1. The first-order chi connectivity index (χ1) is 7.16. The van der Waals surface area contributed by atoms with Crippen LogP contribution in [0.25, 0.3) is 11.0 Å². The van der Waals surface area contributed by atoms with Crippen molar-refractivity contribution in [2.75, 3.05) is 14.1 Å². The second-order valence-corrected chi connectivity index (χ2v) is 3.27. The van der Waals surface area contributed by atoms with Crippen molar-refractivity contribution >= 4 is 17.2 Å². The summed E-state index contributed by atoms with van der Waals surface area (Å²) in [5, 5.41) is 20.4. The van der Waals surface area contributed by atoms with Gasteiger partial charge in [-0.15, -0.1) is 0 Å². The maximum Gasteiger partial charge on any atom is 0.248 e. The summed E-state index contributed by atoms with van der Waals surface area (Å²) in [4.78, 5) is 0.377. The average molecular weight is 206 g/mol. The third kappa shape index (κ3) is 1.88. The van der Waals surface area contributed by atoms with E-state index in [-0.39, 0.29) is 0 Å². The van der Waals surface area contributed by atoms with E-state index in [1.807, 2.05) is 20.2 Å². The van der Waals surface area contributed by atoms with Crippen LogP contribution in [0, 0.1) is 5.21 Å². The Bertz CT molecular complexity index is 504. The van der Waals surface area contributed by atoms with Crippen LogP contribution in [0.2, 0.25) is 0 Å². The lowest BCUT2D eigenvalue weighted by atomic mass is 10.2. The molecule has 0 saturated carbocycles. The van der Waals surface area contributed by atoms with Crippen molar-refractivity contribution in [3.05, 3.63) is 29.0 Å². The van der Waals surface area contributed by atoms with Gasteiger partial charge in [-0.3, -0.25) is 4.63 Å². The molecule has 6 nitrogen and oxygen atoms in total. The van der Waals surface area contributed by atoms with Crippen LogP contribution < -0.4 is 4.90 Å². The largest absolute Gasteiger partial charge is 0.359 e. The van der Waals surface area contributed by atoms with Crippen LogP contribution in [-0.2, 0) is 0 Å². The highest BCUT2D eigenvalue weighted by Crippen LogP contribution is 2.08. The van der Waals surface area contributed by atoms with Crippen LogP contribution in [0.3, 0.4) is 0 Å². The summed E-state index contributed by atoms with van der Waals surface area (Å²) >= 11 is 0. The number of fused-ring (bicyclic) bond motifs is 1. The summed E-state index contributed by atoms with van der Waals surface area (Å²) in [6, 6.07) is 5.20. The van der Waals surface area contributed by atoms with Gasteiger partial charge in [0.05, 0.1) is 6.21 Å². The lowest BCUT2D eigenvalue weighted by Crippen LogP contribution is -2.22. The maximum absolute atomic E-state index is 11.1. The molecule has 1 aromatic carbocycles. The van der Waals surface area contributed by atoms with Gasteiger partial charge in [-0.05, 0) is 22.6 Å². The maximum atomic E-state index is 11.1. The van der Waals surface area contributed by atoms with Crippen molar-refractivity contribution in [3.8, 4) is 0 Å². The van der Waals surface area contributed by atoms with E-state index in [0.717, 1.165) is 5.56 Å². The number of hydrogen-bond acceptors (Lipinski definition) is 5. The third-order valence-electron chi connectivity index (χ3n) is 1.85. The number of aromatic nitrogens is 2. The Morgan fingerprint density at radius 2 is 2.33 bits per heavy atom. The van der Waals surface area contributed by atoms with Crippen LogP contribution in [0.15, 0.2) is 27.9 Å². The van der Waals surface area contributed by atoms with Gasteiger partial charge in [-0.1, -0.05) is 0 Å². The molecule has 2 aromatic rings. The molecular weight excluding hydrogens is 196 g/mol. The molecule has 78 valence electrons. The number of hydrogen-bond donors (Lipinski definition) is 0. The monoisotopic (exact) mass is 206 g/mol. The highest BCUT2D eigenvalue weighted by molar-refractivity contribution is 5.85. The SMILES string of the molecule is CN(C)N=Cc1ccc2no[n+]([O-])c2c1. The van der Waals surface area contributed by atoms with Crippen molar-refractivity contribution in [3.63, 3.8) is 0 Å². The van der Waals surface area contributed by atoms with E-state index in [2.05, 4.69) is 14.9 Å². The predicted molar refractivity (Wildman–Crippen MR) is 54.3 cm³/mol. The summed E-state index contributed by atoms with van der Waals surface area (Å²) in [5.74, 6) is 0. The normalized spacial score (nSPS) is 11.3. The van der Waals surface area contributed by atoms with Gasteiger partial charge in [0.15, 0.2) is 0 Å². The molecule has 0 aliphatic rings. The fourth-order valence-corrected chi connectivity index (χ4v) is 1.15. The lowest BCUT2D eigenvalue weighted by Gasteiger charge is -2.01. The lowest BCUT2D eigenvalue weighted by molar-refractivity contribution is -0.782.